The van der Waals surface area contributed by atoms with Gasteiger partial charge in [0.05, 0.1) is 33.0 Å². The van der Waals surface area contributed by atoms with Crippen LogP contribution < -0.4 is 21.3 Å². The van der Waals surface area contributed by atoms with Crippen molar-refractivity contribution in [1.82, 2.24) is 0 Å². The fourth-order valence-corrected chi connectivity index (χ4v) is 3.80. The molecule has 0 aromatic heterocycles. The Morgan fingerprint density at radius 1 is 1.00 bits per heavy atom. The highest BCUT2D eigenvalue weighted by Gasteiger charge is 2.44. The Morgan fingerprint density at radius 2 is 1.59 bits per heavy atom. The van der Waals surface area contributed by atoms with Gasteiger partial charge < -0.3 is 21.3 Å². The van der Waals surface area contributed by atoms with Crippen LogP contribution in [0.25, 0.3) is 0 Å². The minimum Gasteiger partial charge on any atom is -0.364 e. The van der Waals surface area contributed by atoms with Crippen molar-refractivity contribution in [2.24, 2.45) is 5.73 Å². The van der Waals surface area contributed by atoms with Crippen molar-refractivity contribution >= 4 is 23.3 Å². The maximum Gasteiger partial charge on any atom is 0.279 e. The number of ketones is 1. The number of carbonyl (C=O) groups is 3. The largest absolute Gasteiger partial charge is 0.364 e. The van der Waals surface area contributed by atoms with Crippen molar-refractivity contribution in [1.29, 1.82) is 0 Å². The zero-order valence-corrected chi connectivity index (χ0v) is 16.6. The molecular formula is C22H28N4O3+2. The number of likely N-dealkylation sites (tertiary alicyclic amines) is 1. The van der Waals surface area contributed by atoms with Gasteiger partial charge in [0.2, 0.25) is 0 Å². The highest BCUT2D eigenvalue weighted by atomic mass is 16.2. The average Bonchev–Trinajstić information content (AvgIpc) is 2.75. The van der Waals surface area contributed by atoms with Crippen molar-refractivity contribution in [3.63, 3.8) is 0 Å². The smallest absolute Gasteiger partial charge is 0.279 e. The van der Waals surface area contributed by atoms with Gasteiger partial charge in [0, 0.05) is 16.8 Å². The van der Waals surface area contributed by atoms with E-state index in [9.17, 15) is 14.4 Å². The molecule has 0 radical (unpaired) electrons. The van der Waals surface area contributed by atoms with Crippen molar-refractivity contribution in [2.75, 3.05) is 32.0 Å². The number of carbonyl (C=O) groups excluding carboxylic acids is 3. The number of amides is 2. The number of primary amides is 1. The van der Waals surface area contributed by atoms with Gasteiger partial charge in [0.25, 0.3) is 11.8 Å². The van der Waals surface area contributed by atoms with E-state index in [1.807, 2.05) is 30.6 Å². The third-order valence-electron chi connectivity index (χ3n) is 5.77. The highest BCUT2D eigenvalue weighted by Crippen LogP contribution is 2.14. The van der Waals surface area contributed by atoms with Gasteiger partial charge in [-0.2, -0.15) is 0 Å². The van der Waals surface area contributed by atoms with Crippen LogP contribution in [0.1, 0.15) is 28.8 Å². The van der Waals surface area contributed by atoms with Crippen LogP contribution in [0, 0.1) is 0 Å². The number of anilines is 1. The SMILES string of the molecule is C[NH2+]C1(C(N)=O)CC[NH+](CC(=O)Nc2ccc(C(=O)c3ccccc3)cc2)CC1. The van der Waals surface area contributed by atoms with E-state index in [1.54, 1.807) is 36.4 Å². The standard InChI is InChI=1S/C22H26N4O3/c1-24-22(21(23)29)11-13-26(14-12-22)15-19(27)25-18-9-7-17(8-10-18)20(28)16-5-3-2-4-6-16/h2-10,24H,11-15H2,1H3,(H2,23,29)(H,25,27)/p+2. The van der Waals surface area contributed by atoms with Crippen molar-refractivity contribution in [3.05, 3.63) is 65.7 Å². The number of nitrogens with two attached hydrogens (primary N) is 2. The highest BCUT2D eigenvalue weighted by molar-refractivity contribution is 6.09. The monoisotopic (exact) mass is 396 g/mol. The molecule has 2 amide bonds. The molecule has 29 heavy (non-hydrogen) atoms. The van der Waals surface area contributed by atoms with Crippen LogP contribution in [0.4, 0.5) is 5.69 Å². The molecule has 3 rings (SSSR count). The van der Waals surface area contributed by atoms with E-state index in [0.29, 0.717) is 36.2 Å². The van der Waals surface area contributed by atoms with Crippen LogP contribution in [-0.4, -0.2) is 49.8 Å². The molecule has 7 nitrogen and oxygen atoms in total. The van der Waals surface area contributed by atoms with Crippen LogP contribution in [-0.2, 0) is 9.59 Å². The van der Waals surface area contributed by atoms with Crippen LogP contribution in [0.15, 0.2) is 54.6 Å². The Balaban J connectivity index is 1.53. The first-order valence-electron chi connectivity index (χ1n) is 9.87. The number of nitrogens with one attached hydrogen (secondary N) is 2. The lowest BCUT2D eigenvalue weighted by Gasteiger charge is -2.34. The first kappa shape index (κ1) is 20.7. The van der Waals surface area contributed by atoms with Crippen LogP contribution in [0.5, 0.6) is 0 Å². The molecule has 1 heterocycles. The minimum absolute atomic E-state index is 0.0492. The van der Waals surface area contributed by atoms with Gasteiger partial charge in [0.15, 0.2) is 17.9 Å². The number of likely N-dealkylation sites (N-methyl/N-ethyl adjacent to an activating group) is 1. The third-order valence-corrected chi connectivity index (χ3v) is 5.77. The van der Waals surface area contributed by atoms with E-state index < -0.39 is 5.54 Å². The molecule has 6 N–H and O–H groups in total. The van der Waals surface area contributed by atoms with Crippen molar-refractivity contribution < 1.29 is 24.6 Å². The Morgan fingerprint density at radius 3 is 2.14 bits per heavy atom. The molecule has 2 aromatic rings. The molecule has 1 fully saturated rings. The molecule has 7 heteroatoms. The van der Waals surface area contributed by atoms with Crippen LogP contribution in [0.2, 0.25) is 0 Å². The first-order valence-corrected chi connectivity index (χ1v) is 9.87. The maximum atomic E-state index is 12.4. The topological polar surface area (TPSA) is 110 Å². The quantitative estimate of drug-likeness (QED) is 0.448. The lowest BCUT2D eigenvalue weighted by molar-refractivity contribution is -0.907. The van der Waals surface area contributed by atoms with Crippen LogP contribution >= 0.6 is 0 Å². The summed E-state index contributed by atoms with van der Waals surface area (Å²) in [6.45, 7) is 1.79. The average molecular weight is 396 g/mol. The summed E-state index contributed by atoms with van der Waals surface area (Å²) in [4.78, 5) is 37.7. The molecular weight excluding hydrogens is 368 g/mol. The maximum absolute atomic E-state index is 12.4. The number of quaternary nitrogens is 2. The van der Waals surface area contributed by atoms with E-state index in [2.05, 4.69) is 5.32 Å². The molecule has 0 atom stereocenters. The second kappa shape index (κ2) is 8.98. The number of hydrogen-bond acceptors (Lipinski definition) is 3. The second-order valence-electron chi connectivity index (χ2n) is 7.56. The second-order valence-corrected chi connectivity index (χ2v) is 7.56. The first-order chi connectivity index (χ1) is 13.9. The molecule has 152 valence electrons. The molecule has 1 saturated heterocycles. The van der Waals surface area contributed by atoms with Crippen molar-refractivity contribution in [3.8, 4) is 0 Å². The van der Waals surface area contributed by atoms with E-state index in [0.717, 1.165) is 18.0 Å². The van der Waals surface area contributed by atoms with Gasteiger partial charge >= 0.3 is 0 Å². The molecule has 2 aromatic carbocycles. The summed E-state index contributed by atoms with van der Waals surface area (Å²) in [5.74, 6) is -0.422. The summed E-state index contributed by atoms with van der Waals surface area (Å²) in [6, 6.07) is 16.0. The lowest BCUT2D eigenvalue weighted by atomic mass is 9.87. The van der Waals surface area contributed by atoms with E-state index in [-0.39, 0.29) is 17.6 Å². The molecule has 0 spiro atoms. The number of hydrogen-bond donors (Lipinski definition) is 4. The van der Waals surface area contributed by atoms with Gasteiger partial charge in [-0.3, -0.25) is 14.4 Å². The van der Waals surface area contributed by atoms with Gasteiger partial charge in [-0.1, -0.05) is 30.3 Å². The van der Waals surface area contributed by atoms with E-state index in [4.69, 9.17) is 5.73 Å². The number of piperidine rings is 1. The third kappa shape index (κ3) is 4.88. The Hall–Kier alpha value is -3.03. The molecule has 1 aliphatic rings. The summed E-state index contributed by atoms with van der Waals surface area (Å²) in [7, 11) is 1.87. The summed E-state index contributed by atoms with van der Waals surface area (Å²) in [6.07, 6.45) is 1.33. The van der Waals surface area contributed by atoms with Crippen LogP contribution in [0.3, 0.4) is 0 Å². The summed E-state index contributed by atoms with van der Waals surface area (Å²) >= 11 is 0. The fourth-order valence-electron chi connectivity index (χ4n) is 3.80. The fraction of sp³-hybridized carbons (Fsp3) is 0.318. The summed E-state index contributed by atoms with van der Waals surface area (Å²) < 4.78 is 0. The van der Waals surface area contributed by atoms with Gasteiger partial charge in [-0.05, 0) is 24.3 Å². The lowest BCUT2D eigenvalue weighted by Crippen LogP contribution is -3.17. The Labute approximate surface area is 170 Å². The van der Waals surface area contributed by atoms with E-state index >= 15 is 0 Å². The molecule has 0 unspecified atom stereocenters. The van der Waals surface area contributed by atoms with Gasteiger partial charge in [-0.15, -0.1) is 0 Å². The number of rotatable bonds is 7. The minimum atomic E-state index is -0.541. The number of benzene rings is 2. The molecule has 0 bridgehead atoms. The summed E-state index contributed by atoms with van der Waals surface area (Å²) in [5, 5.41) is 4.78. The van der Waals surface area contributed by atoms with Gasteiger partial charge in [-0.25, -0.2) is 0 Å². The van der Waals surface area contributed by atoms with E-state index in [1.165, 1.54) is 0 Å². The van der Waals surface area contributed by atoms with Gasteiger partial charge in [0.1, 0.15) is 0 Å². The zero-order chi connectivity index (χ0) is 20.9. The molecule has 0 aliphatic carbocycles. The molecule has 1 aliphatic heterocycles. The normalized spacial score (nSPS) is 21.3. The Kier molecular flexibility index (Phi) is 6.41. The van der Waals surface area contributed by atoms with Crippen molar-refractivity contribution in [2.45, 2.75) is 18.4 Å². The predicted octanol–water partition coefficient (Wildman–Crippen LogP) is -1.05. The summed E-state index contributed by atoms with van der Waals surface area (Å²) in [5.41, 5.74) is 6.88. The Bertz CT molecular complexity index is 873. The zero-order valence-electron chi connectivity index (χ0n) is 16.6. The molecule has 0 saturated carbocycles. The predicted molar refractivity (Wildman–Crippen MR) is 110 cm³/mol.